The molecule has 0 fully saturated rings. The molecule has 64 heavy (non-hydrogen) atoms. The van der Waals surface area contributed by atoms with E-state index in [1.807, 2.05) is 6.07 Å². The van der Waals surface area contributed by atoms with Crippen molar-refractivity contribution in [2.45, 2.75) is 24.7 Å². The summed E-state index contributed by atoms with van der Waals surface area (Å²) in [5.41, 5.74) is 17.3. The predicted molar refractivity (Wildman–Crippen MR) is 266 cm³/mol. The van der Waals surface area contributed by atoms with Gasteiger partial charge < -0.3 is 0 Å². The van der Waals surface area contributed by atoms with Gasteiger partial charge in [0.1, 0.15) is 0 Å². The van der Waals surface area contributed by atoms with Crippen LogP contribution in [0.3, 0.4) is 0 Å². The second kappa shape index (κ2) is 13.8. The minimum absolute atomic E-state index is 0.159. The van der Waals surface area contributed by atoms with Gasteiger partial charge in [0.2, 0.25) is 0 Å². The summed E-state index contributed by atoms with van der Waals surface area (Å²) in [6.07, 6.45) is 0. The summed E-state index contributed by atoms with van der Waals surface area (Å²) >= 11 is 0. The molecule has 0 saturated carbocycles. The maximum absolute atomic E-state index is 5.42. The van der Waals surface area contributed by atoms with Crippen molar-refractivity contribution in [3.05, 3.63) is 252 Å². The summed E-state index contributed by atoms with van der Waals surface area (Å²) in [4.78, 5) is 10.8. The van der Waals surface area contributed by atoms with Gasteiger partial charge in [-0.3, -0.25) is 0 Å². The van der Waals surface area contributed by atoms with Crippen molar-refractivity contribution in [3.63, 3.8) is 0 Å². The summed E-state index contributed by atoms with van der Waals surface area (Å²) in [6, 6.07) is 80.2. The van der Waals surface area contributed by atoms with Crippen LogP contribution in [-0.4, -0.2) is 9.97 Å². The Balaban J connectivity index is 1.05. The van der Waals surface area contributed by atoms with E-state index in [9.17, 15) is 0 Å². The van der Waals surface area contributed by atoms with E-state index in [0.717, 1.165) is 33.6 Å². The topological polar surface area (TPSA) is 25.8 Å². The third-order valence-electron chi connectivity index (χ3n) is 14.4. The molecule has 11 aromatic rings. The fourth-order valence-electron chi connectivity index (χ4n) is 11.6. The molecule has 0 unspecified atom stereocenters. The number of nitrogens with zero attached hydrogens (tertiary/aromatic N) is 2. The molecule has 0 bridgehead atoms. The van der Waals surface area contributed by atoms with E-state index in [1.54, 1.807) is 0 Å². The van der Waals surface area contributed by atoms with Crippen molar-refractivity contribution in [3.8, 4) is 56.2 Å². The average Bonchev–Trinajstić information content (AvgIpc) is 3.67. The smallest absolute Gasteiger partial charge is 0.160 e. The summed E-state index contributed by atoms with van der Waals surface area (Å²) < 4.78 is 0. The zero-order valence-corrected chi connectivity index (χ0v) is 35.7. The molecule has 1 spiro atoms. The lowest BCUT2D eigenvalue weighted by molar-refractivity contribution is 0.563. The highest BCUT2D eigenvalue weighted by Gasteiger charge is 2.53. The highest BCUT2D eigenvalue weighted by molar-refractivity contribution is 6.25. The Morgan fingerprint density at radius 1 is 0.297 bits per heavy atom. The average molecular weight is 815 g/mol. The maximum Gasteiger partial charge on any atom is 0.160 e. The third-order valence-corrected chi connectivity index (χ3v) is 14.4. The van der Waals surface area contributed by atoms with Gasteiger partial charge in [-0.2, -0.15) is 0 Å². The Morgan fingerprint density at radius 2 is 0.766 bits per heavy atom. The fourth-order valence-corrected chi connectivity index (χ4v) is 11.6. The van der Waals surface area contributed by atoms with Gasteiger partial charge in [-0.15, -0.1) is 0 Å². The van der Waals surface area contributed by atoms with Crippen molar-refractivity contribution >= 4 is 32.3 Å². The van der Waals surface area contributed by atoms with E-state index < -0.39 is 5.41 Å². The normalized spacial score (nSPS) is 14.0. The molecule has 0 amide bonds. The van der Waals surface area contributed by atoms with Crippen LogP contribution in [0.15, 0.2) is 218 Å². The zero-order chi connectivity index (χ0) is 42.6. The van der Waals surface area contributed by atoms with Crippen LogP contribution in [0.1, 0.15) is 47.2 Å². The first kappa shape index (κ1) is 36.7. The highest BCUT2D eigenvalue weighted by atomic mass is 14.9. The van der Waals surface area contributed by atoms with Crippen LogP contribution in [-0.2, 0) is 10.8 Å². The first-order valence-electron chi connectivity index (χ1n) is 22.3. The molecule has 0 radical (unpaired) electrons. The molecule has 13 rings (SSSR count). The molecular formula is C62H42N2. The van der Waals surface area contributed by atoms with E-state index in [0.29, 0.717) is 5.82 Å². The SMILES string of the molecule is CC1(C)c2ccccc2C2(c3ccccc3-c3c(-c4ccccc4-c4cc(-c5ccc6c7ccccc7c7ccccc7c6c5)nc(-c5ccccc5)n4)cccc32)c2ccccc21. The highest BCUT2D eigenvalue weighted by Crippen LogP contribution is 2.63. The number of hydrogen-bond acceptors (Lipinski definition) is 2. The molecule has 2 aliphatic rings. The zero-order valence-electron chi connectivity index (χ0n) is 35.7. The van der Waals surface area contributed by atoms with Crippen molar-refractivity contribution < 1.29 is 0 Å². The summed E-state index contributed by atoms with van der Waals surface area (Å²) in [7, 11) is 0. The number of rotatable bonds is 4. The molecule has 1 aromatic heterocycles. The molecule has 2 nitrogen and oxygen atoms in total. The lowest BCUT2D eigenvalue weighted by Gasteiger charge is -2.46. The van der Waals surface area contributed by atoms with Crippen molar-refractivity contribution in [2.24, 2.45) is 0 Å². The molecule has 0 aliphatic heterocycles. The lowest BCUT2D eigenvalue weighted by atomic mass is 9.55. The van der Waals surface area contributed by atoms with Crippen LogP contribution in [0.4, 0.5) is 0 Å². The van der Waals surface area contributed by atoms with E-state index in [-0.39, 0.29) is 5.41 Å². The summed E-state index contributed by atoms with van der Waals surface area (Å²) in [5, 5.41) is 7.48. The molecular weight excluding hydrogens is 773 g/mol. The Hall–Kier alpha value is -7.94. The summed E-state index contributed by atoms with van der Waals surface area (Å²) in [5.74, 6) is 0.701. The van der Waals surface area contributed by atoms with Gasteiger partial charge in [0.25, 0.3) is 0 Å². The van der Waals surface area contributed by atoms with Crippen LogP contribution in [0, 0.1) is 0 Å². The Kier molecular flexibility index (Phi) is 7.90. The number of hydrogen-bond donors (Lipinski definition) is 0. The second-order valence-corrected chi connectivity index (χ2v) is 18.0. The van der Waals surface area contributed by atoms with E-state index >= 15 is 0 Å². The predicted octanol–water partition coefficient (Wildman–Crippen LogP) is 15.6. The molecule has 1 heterocycles. The van der Waals surface area contributed by atoms with Gasteiger partial charge in [0.05, 0.1) is 16.8 Å². The van der Waals surface area contributed by atoms with E-state index in [4.69, 9.17) is 9.97 Å². The molecule has 0 N–H and O–H groups in total. The minimum Gasteiger partial charge on any atom is -0.228 e. The molecule has 0 saturated heterocycles. The third kappa shape index (κ3) is 5.08. The van der Waals surface area contributed by atoms with Crippen LogP contribution in [0.2, 0.25) is 0 Å². The molecule has 10 aromatic carbocycles. The van der Waals surface area contributed by atoms with Crippen LogP contribution in [0.5, 0.6) is 0 Å². The molecule has 2 aliphatic carbocycles. The Bertz CT molecular complexity index is 3620. The van der Waals surface area contributed by atoms with Gasteiger partial charge in [-0.25, -0.2) is 9.97 Å². The summed E-state index contributed by atoms with van der Waals surface area (Å²) in [6.45, 7) is 4.77. The van der Waals surface area contributed by atoms with Crippen molar-refractivity contribution in [2.75, 3.05) is 0 Å². The maximum atomic E-state index is 5.42. The molecule has 300 valence electrons. The van der Waals surface area contributed by atoms with Gasteiger partial charge in [0, 0.05) is 22.1 Å². The largest absolute Gasteiger partial charge is 0.228 e. The van der Waals surface area contributed by atoms with Crippen LogP contribution < -0.4 is 0 Å². The van der Waals surface area contributed by atoms with Gasteiger partial charge in [-0.1, -0.05) is 220 Å². The van der Waals surface area contributed by atoms with Gasteiger partial charge in [-0.05, 0) is 100 Å². The van der Waals surface area contributed by atoms with Crippen molar-refractivity contribution in [1.29, 1.82) is 0 Å². The lowest BCUT2D eigenvalue weighted by Crippen LogP contribution is -2.40. The number of aromatic nitrogens is 2. The number of benzene rings is 10. The Morgan fingerprint density at radius 3 is 1.42 bits per heavy atom. The molecule has 0 atom stereocenters. The monoisotopic (exact) mass is 814 g/mol. The standard InChI is InChI=1S/C62H42N2/c1-61(2)52-30-14-16-32-54(52)62(55-33-17-15-31-53(55)61)51-29-13-12-27-49(51)59-48(28-18-34-56(59)62)45-25-10-11-26-47(45)58-38-57(63-60(64-58)39-19-4-3-5-20-39)40-35-36-46-43-23-7-6-21-41(43)42-22-8-9-24-44(42)50(46)37-40/h3-38H,1-2H3. The van der Waals surface area contributed by atoms with Crippen molar-refractivity contribution in [1.82, 2.24) is 9.97 Å². The van der Waals surface area contributed by atoms with Gasteiger partial charge in [0.15, 0.2) is 5.82 Å². The number of fused-ring (bicyclic) bond motifs is 15. The van der Waals surface area contributed by atoms with E-state index in [1.165, 1.54) is 82.4 Å². The quantitative estimate of drug-likeness (QED) is 0.165. The first-order chi connectivity index (χ1) is 31.5. The fraction of sp³-hybridized carbons (Fsp3) is 0.0645. The minimum atomic E-state index is -0.478. The van der Waals surface area contributed by atoms with Crippen LogP contribution in [0.25, 0.3) is 88.5 Å². The Labute approximate surface area is 373 Å². The van der Waals surface area contributed by atoms with E-state index in [2.05, 4.69) is 226 Å². The first-order valence-corrected chi connectivity index (χ1v) is 22.3. The van der Waals surface area contributed by atoms with Gasteiger partial charge >= 0.3 is 0 Å². The second-order valence-electron chi connectivity index (χ2n) is 18.0. The van der Waals surface area contributed by atoms with Crippen LogP contribution >= 0.6 is 0 Å². The molecule has 2 heteroatoms.